The molecule has 3 N–H and O–H groups in total. The monoisotopic (exact) mass is 246 g/mol. The third kappa shape index (κ3) is 2.56. The van der Waals surface area contributed by atoms with Gasteiger partial charge < -0.3 is 5.73 Å². The Bertz CT molecular complexity index is 625. The summed E-state index contributed by atoms with van der Waals surface area (Å²) in [6.45, 7) is 0. The fourth-order valence-electron chi connectivity index (χ4n) is 1.49. The molecule has 2 aromatic carbocycles. The average Bonchev–Trinajstić information content (AvgIpc) is 2.15. The van der Waals surface area contributed by atoms with Crippen molar-refractivity contribution in [3.05, 3.63) is 36.4 Å². The minimum atomic E-state index is -4.20. The van der Waals surface area contributed by atoms with Crippen LogP contribution in [0.3, 0.4) is 0 Å². The molecule has 1 radical (unpaired) electrons. The topological polar surface area (TPSA) is 80.4 Å². The van der Waals surface area contributed by atoms with Crippen LogP contribution in [0.15, 0.2) is 41.3 Å². The Morgan fingerprint density at radius 1 is 1.12 bits per heavy atom. The third-order valence-corrected chi connectivity index (χ3v) is 3.06. The molecule has 0 bridgehead atoms. The zero-order valence-electron chi connectivity index (χ0n) is 8.71. The predicted molar refractivity (Wildman–Crippen MR) is 63.9 cm³/mol. The van der Waals surface area contributed by atoms with Gasteiger partial charge in [0.1, 0.15) is 4.90 Å². The van der Waals surface area contributed by atoms with Crippen LogP contribution in [-0.4, -0.2) is 42.5 Å². The largest absolute Gasteiger partial charge is 0.399 e. The summed E-state index contributed by atoms with van der Waals surface area (Å²) in [5, 5.41) is 1.15. The summed E-state index contributed by atoms with van der Waals surface area (Å²) >= 11 is 0. The van der Waals surface area contributed by atoms with Crippen LogP contribution in [0.4, 0.5) is 5.69 Å². The van der Waals surface area contributed by atoms with Gasteiger partial charge in [0.25, 0.3) is 10.1 Å². The summed E-state index contributed by atoms with van der Waals surface area (Å²) in [5.41, 5.74) is 6.02. The first kappa shape index (κ1) is 13.5. The van der Waals surface area contributed by atoms with E-state index in [0.717, 1.165) is 5.39 Å². The van der Waals surface area contributed by atoms with Gasteiger partial charge in [0.05, 0.1) is 0 Å². The van der Waals surface area contributed by atoms with E-state index >= 15 is 0 Å². The van der Waals surface area contributed by atoms with Crippen LogP contribution < -0.4 is 5.73 Å². The molecule has 0 heterocycles. The molecule has 0 aliphatic rings. The number of fused-ring (bicyclic) bond motifs is 1. The van der Waals surface area contributed by atoms with E-state index in [1.54, 1.807) is 24.3 Å². The molecule has 0 atom stereocenters. The molecule has 0 saturated carbocycles. The molecular weight excluding hydrogens is 237 g/mol. The summed E-state index contributed by atoms with van der Waals surface area (Å²) < 4.78 is 31.2. The number of nitrogens with two attached hydrogens (primary N) is 1. The van der Waals surface area contributed by atoms with Crippen molar-refractivity contribution in [2.45, 2.75) is 4.90 Å². The van der Waals surface area contributed by atoms with E-state index in [4.69, 9.17) is 10.3 Å². The first-order valence-electron chi connectivity index (χ1n) is 4.24. The van der Waals surface area contributed by atoms with E-state index in [2.05, 4.69) is 0 Å². The van der Waals surface area contributed by atoms with E-state index in [9.17, 15) is 8.42 Å². The van der Waals surface area contributed by atoms with Gasteiger partial charge in [-0.2, -0.15) is 8.42 Å². The minimum Gasteiger partial charge on any atom is -0.399 e. The molecule has 0 spiro atoms. The molecule has 0 amide bonds. The Morgan fingerprint density at radius 3 is 2.44 bits per heavy atom. The molecule has 0 aliphatic carbocycles. The number of hydrogen-bond acceptors (Lipinski definition) is 3. The second-order valence-corrected chi connectivity index (χ2v) is 4.60. The molecule has 0 aromatic heterocycles. The molecule has 0 fully saturated rings. The Kier molecular flexibility index (Phi) is 3.98. The zero-order chi connectivity index (χ0) is 11.1. The SMILES string of the molecule is Nc1ccc2cccc(S(=O)(=O)O)c2c1.[Na]. The Labute approximate surface area is 115 Å². The van der Waals surface area contributed by atoms with Crippen molar-refractivity contribution >= 4 is 56.1 Å². The Morgan fingerprint density at radius 2 is 1.81 bits per heavy atom. The maximum absolute atomic E-state index is 11.1. The fourth-order valence-corrected chi connectivity index (χ4v) is 2.19. The van der Waals surface area contributed by atoms with Crippen LogP contribution in [0.25, 0.3) is 10.8 Å². The van der Waals surface area contributed by atoms with E-state index in [0.29, 0.717) is 11.1 Å². The van der Waals surface area contributed by atoms with E-state index < -0.39 is 10.1 Å². The van der Waals surface area contributed by atoms with Crippen molar-refractivity contribution in [3.63, 3.8) is 0 Å². The smallest absolute Gasteiger partial charge is 0.295 e. The standard InChI is InChI=1S/C10H9NO3S.Na/c11-8-5-4-7-2-1-3-10(9(7)6-8)15(12,13)14;/h1-6H,11H2,(H,12,13,14);. The van der Waals surface area contributed by atoms with Gasteiger partial charge in [-0.15, -0.1) is 0 Å². The molecule has 0 unspecified atom stereocenters. The quantitative estimate of drug-likeness (QED) is 0.451. The first-order chi connectivity index (χ1) is 6.98. The number of anilines is 1. The van der Waals surface area contributed by atoms with Crippen LogP contribution in [0.5, 0.6) is 0 Å². The van der Waals surface area contributed by atoms with Crippen molar-refractivity contribution in [1.29, 1.82) is 0 Å². The van der Waals surface area contributed by atoms with Gasteiger partial charge in [-0.3, -0.25) is 4.55 Å². The molecule has 6 heteroatoms. The summed E-state index contributed by atoms with van der Waals surface area (Å²) in [6, 6.07) is 9.58. The van der Waals surface area contributed by atoms with Crippen LogP contribution in [0.1, 0.15) is 0 Å². The molecule has 0 aliphatic heterocycles. The second-order valence-electron chi connectivity index (χ2n) is 3.21. The normalized spacial score (nSPS) is 11.1. The van der Waals surface area contributed by atoms with Crippen LogP contribution >= 0.6 is 0 Å². The molecule has 16 heavy (non-hydrogen) atoms. The molecule has 0 saturated heterocycles. The van der Waals surface area contributed by atoms with Gasteiger partial charge in [-0.05, 0) is 23.6 Å². The zero-order valence-corrected chi connectivity index (χ0v) is 11.5. The number of rotatable bonds is 1. The van der Waals surface area contributed by atoms with E-state index in [1.807, 2.05) is 0 Å². The van der Waals surface area contributed by atoms with Crippen molar-refractivity contribution in [3.8, 4) is 0 Å². The predicted octanol–water partition coefficient (Wildman–Crippen LogP) is 1.29. The Hall–Kier alpha value is -0.590. The third-order valence-electron chi connectivity index (χ3n) is 2.14. The number of hydrogen-bond donors (Lipinski definition) is 2. The van der Waals surface area contributed by atoms with Crippen LogP contribution in [0, 0.1) is 0 Å². The van der Waals surface area contributed by atoms with Gasteiger partial charge in [-0.1, -0.05) is 18.2 Å². The molecule has 2 aromatic rings. The minimum absolute atomic E-state index is 0. The van der Waals surface area contributed by atoms with Crippen molar-refractivity contribution < 1.29 is 13.0 Å². The van der Waals surface area contributed by atoms with E-state index in [1.165, 1.54) is 12.1 Å². The molecule has 79 valence electrons. The summed E-state index contributed by atoms with van der Waals surface area (Å²) in [6.07, 6.45) is 0. The molecule has 4 nitrogen and oxygen atoms in total. The maximum Gasteiger partial charge on any atom is 0.295 e. The molecular formula is C10H9NNaO3S. The summed E-state index contributed by atoms with van der Waals surface area (Å²) in [7, 11) is -4.20. The van der Waals surface area contributed by atoms with Crippen LogP contribution in [0.2, 0.25) is 0 Å². The van der Waals surface area contributed by atoms with Gasteiger partial charge in [0.15, 0.2) is 0 Å². The second kappa shape index (κ2) is 4.73. The van der Waals surface area contributed by atoms with Crippen molar-refractivity contribution in [2.24, 2.45) is 0 Å². The fraction of sp³-hybridized carbons (Fsp3) is 0. The van der Waals surface area contributed by atoms with E-state index in [-0.39, 0.29) is 34.5 Å². The van der Waals surface area contributed by atoms with Gasteiger partial charge in [0, 0.05) is 40.6 Å². The average molecular weight is 246 g/mol. The van der Waals surface area contributed by atoms with Gasteiger partial charge in [0.2, 0.25) is 0 Å². The van der Waals surface area contributed by atoms with Crippen LogP contribution in [-0.2, 0) is 10.1 Å². The van der Waals surface area contributed by atoms with Crippen molar-refractivity contribution in [2.75, 3.05) is 5.73 Å². The number of benzene rings is 2. The van der Waals surface area contributed by atoms with Gasteiger partial charge in [-0.25, -0.2) is 0 Å². The van der Waals surface area contributed by atoms with Gasteiger partial charge >= 0.3 is 0 Å². The first-order valence-corrected chi connectivity index (χ1v) is 5.68. The maximum atomic E-state index is 11.1. The number of nitrogen functional groups attached to an aromatic ring is 1. The summed E-state index contributed by atoms with van der Waals surface area (Å²) in [5.74, 6) is 0. The summed E-state index contributed by atoms with van der Waals surface area (Å²) in [4.78, 5) is -0.118. The Balaban J connectivity index is 0.00000128. The molecule has 2 rings (SSSR count). The van der Waals surface area contributed by atoms with Crippen molar-refractivity contribution in [1.82, 2.24) is 0 Å².